The Balaban J connectivity index is 2.05. The molecular weight excluding hydrogens is 380 g/mol. The number of methoxy groups -OCH3 is 2. The normalized spacial score (nSPS) is 11.1. The lowest BCUT2D eigenvalue weighted by atomic mass is 10.2. The second-order valence-electron chi connectivity index (χ2n) is 5.35. The molecule has 9 heteroatoms. The molecule has 1 amide bonds. The number of carbonyl (C=O) groups is 1. The Hall–Kier alpha value is -2.29. The number of rotatable bonds is 7. The minimum absolute atomic E-state index is 0.0363. The Kier molecular flexibility index (Phi) is 6.47. The maximum absolute atomic E-state index is 12.3. The van der Waals surface area contributed by atoms with Gasteiger partial charge in [0.25, 0.3) is 0 Å². The van der Waals surface area contributed by atoms with Crippen molar-refractivity contribution in [2.24, 2.45) is 0 Å². The van der Waals surface area contributed by atoms with Gasteiger partial charge in [0, 0.05) is 11.1 Å². The van der Waals surface area contributed by atoms with E-state index in [1.807, 2.05) is 0 Å². The first-order valence-corrected chi connectivity index (χ1v) is 9.40. The van der Waals surface area contributed by atoms with Crippen molar-refractivity contribution in [2.45, 2.75) is 11.8 Å². The number of hydrogen-bond donors (Lipinski definition) is 2. The number of benzene rings is 2. The number of hydrogen-bond acceptors (Lipinski definition) is 5. The summed E-state index contributed by atoms with van der Waals surface area (Å²) in [6, 6.07) is 9.17. The first-order chi connectivity index (χ1) is 12.3. The smallest absolute Gasteiger partial charge is 0.241 e. The Labute approximate surface area is 157 Å². The molecule has 2 rings (SSSR count). The van der Waals surface area contributed by atoms with E-state index in [9.17, 15) is 13.2 Å². The molecule has 0 aliphatic rings. The highest BCUT2D eigenvalue weighted by atomic mass is 35.5. The molecule has 0 saturated carbocycles. The third kappa shape index (κ3) is 4.87. The molecule has 0 unspecified atom stereocenters. The fourth-order valence-corrected chi connectivity index (χ4v) is 3.31. The summed E-state index contributed by atoms with van der Waals surface area (Å²) in [5.74, 6) is 0.426. The molecule has 0 fully saturated rings. The number of sulfonamides is 1. The maximum atomic E-state index is 12.3. The lowest BCUT2D eigenvalue weighted by molar-refractivity contribution is -0.115. The SMILES string of the molecule is COc1ccc(NC(=O)CNS(=O)(=O)c2ccc(Cl)c(C)c2)c(OC)c1. The summed E-state index contributed by atoms with van der Waals surface area (Å²) in [7, 11) is -0.865. The average Bonchev–Trinajstić information content (AvgIpc) is 2.62. The van der Waals surface area contributed by atoms with Crippen molar-refractivity contribution in [3.05, 3.63) is 47.0 Å². The summed E-state index contributed by atoms with van der Waals surface area (Å²) in [6.45, 7) is 1.27. The van der Waals surface area contributed by atoms with E-state index in [2.05, 4.69) is 10.0 Å². The Morgan fingerprint density at radius 1 is 1.12 bits per heavy atom. The number of aryl methyl sites for hydroxylation is 1. The minimum Gasteiger partial charge on any atom is -0.497 e. The van der Waals surface area contributed by atoms with E-state index in [1.54, 1.807) is 25.1 Å². The van der Waals surface area contributed by atoms with Gasteiger partial charge in [-0.1, -0.05) is 11.6 Å². The van der Waals surface area contributed by atoms with Gasteiger partial charge in [-0.15, -0.1) is 0 Å². The van der Waals surface area contributed by atoms with Crippen LogP contribution in [0.25, 0.3) is 0 Å². The third-order valence-electron chi connectivity index (χ3n) is 3.55. The molecule has 0 heterocycles. The van der Waals surface area contributed by atoms with Crippen LogP contribution in [0.1, 0.15) is 5.56 Å². The summed E-state index contributed by atoms with van der Waals surface area (Å²) in [6.07, 6.45) is 0. The second kappa shape index (κ2) is 8.39. The second-order valence-corrected chi connectivity index (χ2v) is 7.52. The van der Waals surface area contributed by atoms with E-state index in [1.165, 1.54) is 32.4 Å². The van der Waals surface area contributed by atoms with Crippen LogP contribution in [0.15, 0.2) is 41.3 Å². The highest BCUT2D eigenvalue weighted by Crippen LogP contribution is 2.28. The molecular formula is C17H19ClN2O5S. The molecule has 0 aliphatic heterocycles. The van der Waals surface area contributed by atoms with Crippen molar-refractivity contribution in [1.29, 1.82) is 0 Å². The Morgan fingerprint density at radius 3 is 2.46 bits per heavy atom. The summed E-state index contributed by atoms with van der Waals surface area (Å²) in [5.41, 5.74) is 1.03. The standard InChI is InChI=1S/C17H19ClN2O5S/c1-11-8-13(5-6-14(11)18)26(22,23)19-10-17(21)20-15-7-4-12(24-2)9-16(15)25-3/h4-9,19H,10H2,1-3H3,(H,20,21). The van der Waals surface area contributed by atoms with Gasteiger partial charge in [0.2, 0.25) is 15.9 Å². The first kappa shape index (κ1) is 20.0. The first-order valence-electron chi connectivity index (χ1n) is 7.54. The number of carbonyl (C=O) groups excluding carboxylic acids is 1. The fourth-order valence-electron chi connectivity index (χ4n) is 2.12. The molecule has 2 aromatic rings. The molecule has 0 bridgehead atoms. The van der Waals surface area contributed by atoms with Gasteiger partial charge in [-0.25, -0.2) is 13.1 Å². The van der Waals surface area contributed by atoms with Crippen LogP contribution in [-0.2, 0) is 14.8 Å². The largest absolute Gasteiger partial charge is 0.497 e. The topological polar surface area (TPSA) is 93.7 Å². The Bertz CT molecular complexity index is 915. The molecule has 26 heavy (non-hydrogen) atoms. The van der Waals surface area contributed by atoms with Gasteiger partial charge in [-0.3, -0.25) is 4.79 Å². The number of nitrogens with one attached hydrogen (secondary N) is 2. The molecule has 0 spiro atoms. The predicted molar refractivity (Wildman–Crippen MR) is 99.6 cm³/mol. The van der Waals surface area contributed by atoms with Crippen molar-refractivity contribution in [3.63, 3.8) is 0 Å². The van der Waals surface area contributed by atoms with Gasteiger partial charge in [0.15, 0.2) is 0 Å². The highest BCUT2D eigenvalue weighted by Gasteiger charge is 2.17. The number of amides is 1. The number of halogens is 1. The van der Waals surface area contributed by atoms with Gasteiger partial charge in [0.05, 0.1) is 31.3 Å². The molecule has 0 aliphatic carbocycles. The number of anilines is 1. The van der Waals surface area contributed by atoms with Crippen molar-refractivity contribution in [1.82, 2.24) is 4.72 Å². The lowest BCUT2D eigenvalue weighted by Crippen LogP contribution is -2.33. The molecule has 7 nitrogen and oxygen atoms in total. The quantitative estimate of drug-likeness (QED) is 0.747. The molecule has 2 aromatic carbocycles. The summed E-state index contributed by atoms with van der Waals surface area (Å²) in [5, 5.41) is 3.06. The molecule has 0 radical (unpaired) electrons. The van der Waals surface area contributed by atoms with Crippen LogP contribution in [0.3, 0.4) is 0 Å². The van der Waals surface area contributed by atoms with Crippen LogP contribution < -0.4 is 19.5 Å². The van der Waals surface area contributed by atoms with Crippen molar-refractivity contribution in [3.8, 4) is 11.5 Å². The van der Waals surface area contributed by atoms with Crippen LogP contribution in [0.2, 0.25) is 5.02 Å². The van der Waals surface area contributed by atoms with Crippen LogP contribution in [0.5, 0.6) is 11.5 Å². The summed E-state index contributed by atoms with van der Waals surface area (Å²) >= 11 is 5.90. The van der Waals surface area contributed by atoms with E-state index < -0.39 is 22.5 Å². The van der Waals surface area contributed by atoms with Gasteiger partial charge in [0.1, 0.15) is 11.5 Å². The fraction of sp³-hybridized carbons (Fsp3) is 0.235. The van der Waals surface area contributed by atoms with Crippen LogP contribution in [-0.4, -0.2) is 35.1 Å². The molecule has 140 valence electrons. The van der Waals surface area contributed by atoms with Crippen molar-refractivity contribution in [2.75, 3.05) is 26.1 Å². The van der Waals surface area contributed by atoms with Gasteiger partial charge in [-0.2, -0.15) is 0 Å². The third-order valence-corrected chi connectivity index (χ3v) is 5.37. The van der Waals surface area contributed by atoms with Gasteiger partial charge in [-0.05, 0) is 42.8 Å². The summed E-state index contributed by atoms with van der Waals surface area (Å²) < 4.78 is 37.1. The van der Waals surface area contributed by atoms with Gasteiger partial charge < -0.3 is 14.8 Å². The van der Waals surface area contributed by atoms with E-state index >= 15 is 0 Å². The van der Waals surface area contributed by atoms with Crippen LogP contribution >= 0.6 is 11.6 Å². The summed E-state index contributed by atoms with van der Waals surface area (Å²) in [4.78, 5) is 12.1. The zero-order chi connectivity index (χ0) is 19.3. The molecule has 2 N–H and O–H groups in total. The van der Waals surface area contributed by atoms with Gasteiger partial charge >= 0.3 is 0 Å². The van der Waals surface area contributed by atoms with E-state index in [0.29, 0.717) is 27.8 Å². The van der Waals surface area contributed by atoms with Crippen molar-refractivity contribution < 1.29 is 22.7 Å². The number of ether oxygens (including phenoxy) is 2. The van der Waals surface area contributed by atoms with Crippen LogP contribution in [0.4, 0.5) is 5.69 Å². The average molecular weight is 399 g/mol. The maximum Gasteiger partial charge on any atom is 0.241 e. The Morgan fingerprint density at radius 2 is 1.85 bits per heavy atom. The predicted octanol–water partition coefficient (Wildman–Crippen LogP) is 2.58. The minimum atomic E-state index is -3.83. The highest BCUT2D eigenvalue weighted by molar-refractivity contribution is 7.89. The van der Waals surface area contributed by atoms with E-state index in [0.717, 1.165) is 0 Å². The lowest BCUT2D eigenvalue weighted by Gasteiger charge is -2.12. The zero-order valence-electron chi connectivity index (χ0n) is 14.5. The van der Waals surface area contributed by atoms with E-state index in [4.69, 9.17) is 21.1 Å². The van der Waals surface area contributed by atoms with E-state index in [-0.39, 0.29) is 4.90 Å². The van der Waals surface area contributed by atoms with Crippen LogP contribution in [0, 0.1) is 6.92 Å². The van der Waals surface area contributed by atoms with Crippen molar-refractivity contribution >= 4 is 33.2 Å². The monoisotopic (exact) mass is 398 g/mol. The zero-order valence-corrected chi connectivity index (χ0v) is 16.1. The molecule has 0 aromatic heterocycles. The molecule has 0 atom stereocenters. The molecule has 0 saturated heterocycles.